The van der Waals surface area contributed by atoms with Gasteiger partial charge >= 0.3 is 18.1 Å². The summed E-state index contributed by atoms with van der Waals surface area (Å²) in [6, 6.07) is 16.2. The second kappa shape index (κ2) is 13.4. The van der Waals surface area contributed by atoms with Gasteiger partial charge in [0.2, 0.25) is 0 Å². The van der Waals surface area contributed by atoms with E-state index in [1.807, 2.05) is 30.3 Å². The van der Waals surface area contributed by atoms with Gasteiger partial charge in [0.15, 0.2) is 5.96 Å². The van der Waals surface area contributed by atoms with Gasteiger partial charge in [-0.2, -0.15) is 13.2 Å². The fourth-order valence-electron chi connectivity index (χ4n) is 5.09. The largest absolute Gasteiger partial charge is 0.490 e. The molecule has 45 heavy (non-hydrogen) atoms. The Morgan fingerprint density at radius 3 is 2.18 bits per heavy atom. The summed E-state index contributed by atoms with van der Waals surface area (Å²) in [5.41, 5.74) is 10.5. The maximum absolute atomic E-state index is 13.8. The van der Waals surface area contributed by atoms with Gasteiger partial charge in [0, 0.05) is 35.4 Å². The van der Waals surface area contributed by atoms with Gasteiger partial charge in [0.1, 0.15) is 6.04 Å². The smallest absolute Gasteiger partial charge is 0.478 e. The van der Waals surface area contributed by atoms with Crippen LogP contribution >= 0.6 is 15.9 Å². The van der Waals surface area contributed by atoms with Gasteiger partial charge in [-0.1, -0.05) is 34.1 Å². The molecular weight excluding hydrogens is 663 g/mol. The third-order valence-corrected chi connectivity index (χ3v) is 8.06. The highest BCUT2D eigenvalue weighted by Crippen LogP contribution is 2.36. The van der Waals surface area contributed by atoms with Crippen LogP contribution in [0.1, 0.15) is 49.0 Å². The first-order valence-corrected chi connectivity index (χ1v) is 14.2. The lowest BCUT2D eigenvalue weighted by molar-refractivity contribution is -0.192. The first-order chi connectivity index (χ1) is 21.2. The Balaban J connectivity index is 0.000000591. The highest BCUT2D eigenvalue weighted by atomic mass is 79.9. The monoisotopic (exact) mass is 689 g/mol. The lowest BCUT2D eigenvalue weighted by Gasteiger charge is -2.37. The quantitative estimate of drug-likeness (QED) is 0.198. The predicted molar refractivity (Wildman–Crippen MR) is 160 cm³/mol. The number of benzene rings is 3. The van der Waals surface area contributed by atoms with E-state index in [1.54, 1.807) is 15.9 Å². The Morgan fingerprint density at radius 2 is 1.58 bits per heavy atom. The minimum absolute atomic E-state index is 0.0281. The van der Waals surface area contributed by atoms with Gasteiger partial charge in [-0.15, -0.1) is 0 Å². The fraction of sp³-hybridized carbons (Fsp3) is 0.233. The zero-order chi connectivity index (χ0) is 33.1. The summed E-state index contributed by atoms with van der Waals surface area (Å²) in [6.45, 7) is 1.49. The van der Waals surface area contributed by atoms with Crippen molar-refractivity contribution in [2.24, 2.45) is 5.73 Å². The zero-order valence-electron chi connectivity index (χ0n) is 23.4. The molecular formula is C30H27BrF3N5O6. The van der Waals surface area contributed by atoms with Crippen LogP contribution in [0.5, 0.6) is 0 Å². The minimum atomic E-state index is -5.08. The number of hydrogen-bond donors (Lipinski definition) is 5. The average Bonchev–Trinajstić information content (AvgIpc) is 2.99. The SMILES string of the molecule is N=C(N)N1CCc2cc(C(=O)N3CCc4c(Br)cccc4C3C(=O)Nc3ccc(C(=O)O)cc3)ccc2C1.O=C(O)C(F)(F)F. The highest BCUT2D eigenvalue weighted by Gasteiger charge is 2.39. The van der Waals surface area contributed by atoms with E-state index in [9.17, 15) is 27.6 Å². The third kappa shape index (κ3) is 7.60. The molecule has 5 rings (SSSR count). The van der Waals surface area contributed by atoms with E-state index in [1.165, 1.54) is 24.3 Å². The number of carboxylic acids is 2. The summed E-state index contributed by atoms with van der Waals surface area (Å²) in [5.74, 6) is -4.40. The van der Waals surface area contributed by atoms with Gasteiger partial charge < -0.3 is 31.1 Å². The maximum Gasteiger partial charge on any atom is 0.490 e. The summed E-state index contributed by atoms with van der Waals surface area (Å²) in [6.07, 6.45) is -3.82. The first-order valence-electron chi connectivity index (χ1n) is 13.4. The molecule has 0 bridgehead atoms. The van der Waals surface area contributed by atoms with Crippen LogP contribution in [0.25, 0.3) is 0 Å². The number of halogens is 4. The van der Waals surface area contributed by atoms with E-state index in [2.05, 4.69) is 21.2 Å². The Kier molecular flexibility index (Phi) is 9.81. The molecule has 0 saturated carbocycles. The molecule has 1 unspecified atom stereocenters. The molecule has 0 radical (unpaired) electrons. The van der Waals surface area contributed by atoms with Crippen molar-refractivity contribution in [1.29, 1.82) is 5.41 Å². The Labute approximate surface area is 263 Å². The van der Waals surface area contributed by atoms with Crippen LogP contribution < -0.4 is 11.1 Å². The fourth-order valence-corrected chi connectivity index (χ4v) is 5.67. The summed E-state index contributed by atoms with van der Waals surface area (Å²) in [7, 11) is 0. The third-order valence-electron chi connectivity index (χ3n) is 7.32. The molecule has 1 atom stereocenters. The normalized spacial score (nSPS) is 15.5. The van der Waals surface area contributed by atoms with Gasteiger partial charge in [-0.25, -0.2) is 9.59 Å². The summed E-state index contributed by atoms with van der Waals surface area (Å²) in [4.78, 5) is 51.0. The minimum Gasteiger partial charge on any atom is -0.478 e. The summed E-state index contributed by atoms with van der Waals surface area (Å²) >= 11 is 3.59. The van der Waals surface area contributed by atoms with Gasteiger partial charge in [0.25, 0.3) is 11.8 Å². The Hall–Kier alpha value is -4.92. The van der Waals surface area contributed by atoms with Gasteiger partial charge in [0.05, 0.1) is 5.56 Å². The molecule has 2 aliphatic rings. The average molecular weight is 690 g/mol. The second-order valence-corrected chi connectivity index (χ2v) is 11.0. The van der Waals surface area contributed by atoms with E-state index in [0.29, 0.717) is 43.7 Å². The zero-order valence-corrected chi connectivity index (χ0v) is 25.0. The molecule has 0 aliphatic carbocycles. The number of carbonyl (C=O) groups is 4. The lowest BCUT2D eigenvalue weighted by Crippen LogP contribution is -2.45. The molecule has 2 amide bonds. The van der Waals surface area contributed by atoms with E-state index < -0.39 is 24.2 Å². The number of guanidine groups is 1. The van der Waals surface area contributed by atoms with E-state index >= 15 is 0 Å². The number of carboxylic acid groups (broad SMARTS) is 2. The standard InChI is InChI=1S/C28H26BrN5O4.C2HF3O2/c29-23-3-1-2-22-21(23)11-13-34(24(22)25(35)32-20-8-6-16(7-9-20)27(37)38)26(36)18-4-5-19-15-33(28(30)31)12-10-17(19)14-18;3-2(4,5)1(6)7/h1-9,14,24H,10-13,15H2,(H3,30,31)(H,32,35)(H,37,38);(H,6,7). The summed E-state index contributed by atoms with van der Waals surface area (Å²) in [5, 5.41) is 26.8. The van der Waals surface area contributed by atoms with E-state index in [-0.39, 0.29) is 23.3 Å². The van der Waals surface area contributed by atoms with Crippen molar-refractivity contribution in [3.8, 4) is 0 Å². The molecule has 3 aromatic carbocycles. The van der Waals surface area contributed by atoms with Crippen molar-refractivity contribution in [2.75, 3.05) is 18.4 Å². The lowest BCUT2D eigenvalue weighted by atomic mass is 9.90. The van der Waals surface area contributed by atoms with E-state index in [0.717, 1.165) is 26.7 Å². The molecule has 2 aliphatic heterocycles. The number of nitrogens with zero attached hydrogens (tertiary/aromatic N) is 2. The molecule has 236 valence electrons. The maximum atomic E-state index is 13.8. The van der Waals surface area contributed by atoms with Crippen molar-refractivity contribution in [3.05, 3.63) is 98.5 Å². The van der Waals surface area contributed by atoms with Crippen LogP contribution in [0.2, 0.25) is 0 Å². The predicted octanol–water partition coefficient (Wildman–Crippen LogP) is 4.41. The number of aliphatic carboxylic acids is 1. The molecule has 6 N–H and O–H groups in total. The molecule has 11 nitrogen and oxygen atoms in total. The first kappa shape index (κ1) is 33.0. The molecule has 2 heterocycles. The summed E-state index contributed by atoms with van der Waals surface area (Å²) < 4.78 is 32.6. The van der Waals surface area contributed by atoms with Crippen LogP contribution in [0.4, 0.5) is 18.9 Å². The number of anilines is 1. The molecule has 0 spiro atoms. The number of nitrogens with two attached hydrogens (primary N) is 1. The van der Waals surface area contributed by atoms with Crippen LogP contribution in [0, 0.1) is 5.41 Å². The molecule has 0 saturated heterocycles. The number of rotatable bonds is 4. The van der Waals surface area contributed by atoms with Crippen LogP contribution in [-0.4, -0.2) is 69.0 Å². The van der Waals surface area contributed by atoms with Crippen LogP contribution in [-0.2, 0) is 29.0 Å². The van der Waals surface area contributed by atoms with Crippen LogP contribution in [0.15, 0.2) is 65.1 Å². The number of amides is 2. The van der Waals surface area contributed by atoms with Crippen molar-refractivity contribution in [1.82, 2.24) is 9.80 Å². The Morgan fingerprint density at radius 1 is 0.933 bits per heavy atom. The second-order valence-electron chi connectivity index (χ2n) is 10.2. The molecule has 0 fully saturated rings. The van der Waals surface area contributed by atoms with Crippen molar-refractivity contribution < 1.29 is 42.6 Å². The van der Waals surface area contributed by atoms with Crippen molar-refractivity contribution >= 4 is 51.3 Å². The van der Waals surface area contributed by atoms with E-state index in [4.69, 9.17) is 26.2 Å². The number of carbonyl (C=O) groups excluding carboxylic acids is 2. The van der Waals surface area contributed by atoms with Crippen molar-refractivity contribution in [2.45, 2.75) is 31.6 Å². The molecule has 15 heteroatoms. The Bertz CT molecular complexity index is 1660. The van der Waals surface area contributed by atoms with Gasteiger partial charge in [-0.05, 0) is 77.6 Å². The number of nitrogens with one attached hydrogen (secondary N) is 2. The molecule has 0 aromatic heterocycles. The topological polar surface area (TPSA) is 177 Å². The number of fused-ring (bicyclic) bond motifs is 2. The van der Waals surface area contributed by atoms with Gasteiger partial charge in [-0.3, -0.25) is 15.0 Å². The number of alkyl halides is 3. The molecule has 3 aromatic rings. The number of aromatic carboxylic acids is 1. The van der Waals surface area contributed by atoms with Crippen molar-refractivity contribution in [3.63, 3.8) is 0 Å². The number of hydrogen-bond acceptors (Lipinski definition) is 5. The van der Waals surface area contributed by atoms with Crippen LogP contribution in [0.3, 0.4) is 0 Å². The highest BCUT2D eigenvalue weighted by molar-refractivity contribution is 9.10.